The van der Waals surface area contributed by atoms with Gasteiger partial charge in [-0.15, -0.1) is 6.58 Å². The van der Waals surface area contributed by atoms with Gasteiger partial charge in [0.25, 0.3) is 0 Å². The van der Waals surface area contributed by atoms with Crippen LogP contribution in [0.3, 0.4) is 0 Å². The fourth-order valence-electron chi connectivity index (χ4n) is 0.705. The largest absolute Gasteiger partial charge is 0.319 e. The van der Waals surface area contributed by atoms with E-state index in [4.69, 9.17) is 17.3 Å². The molecule has 1 aromatic heterocycles. The summed E-state index contributed by atoms with van der Waals surface area (Å²) in [6, 6.07) is 3.34. The highest BCUT2D eigenvalue weighted by Crippen LogP contribution is 2.11. The molecular formula is C8H9ClN2. The molecule has 0 bridgehead atoms. The van der Waals surface area contributed by atoms with Crippen molar-refractivity contribution >= 4 is 11.6 Å². The highest BCUT2D eigenvalue weighted by atomic mass is 35.5. The lowest BCUT2D eigenvalue weighted by Crippen LogP contribution is -2.07. The Morgan fingerprint density at radius 2 is 2.36 bits per heavy atom. The van der Waals surface area contributed by atoms with Crippen molar-refractivity contribution < 1.29 is 0 Å². The van der Waals surface area contributed by atoms with Gasteiger partial charge in [0.2, 0.25) is 0 Å². The normalized spacial score (nSPS) is 12.5. The SMILES string of the molecule is C=C[C@@H](N)c1ccc(Cl)cn1. The molecule has 58 valence electrons. The van der Waals surface area contributed by atoms with Crippen LogP contribution < -0.4 is 5.73 Å². The molecule has 0 aliphatic carbocycles. The maximum Gasteiger partial charge on any atom is 0.0653 e. The summed E-state index contributed by atoms with van der Waals surface area (Å²) in [7, 11) is 0. The van der Waals surface area contributed by atoms with Crippen molar-refractivity contribution in [2.75, 3.05) is 0 Å². The van der Waals surface area contributed by atoms with Crippen LogP contribution in [0.25, 0.3) is 0 Å². The Labute approximate surface area is 70.7 Å². The van der Waals surface area contributed by atoms with Gasteiger partial charge in [0, 0.05) is 6.20 Å². The van der Waals surface area contributed by atoms with E-state index in [1.54, 1.807) is 24.4 Å². The minimum atomic E-state index is -0.202. The van der Waals surface area contributed by atoms with Gasteiger partial charge in [0.1, 0.15) is 0 Å². The number of hydrogen-bond donors (Lipinski definition) is 1. The Morgan fingerprint density at radius 3 is 2.82 bits per heavy atom. The van der Waals surface area contributed by atoms with Gasteiger partial charge in [-0.3, -0.25) is 4.98 Å². The summed E-state index contributed by atoms with van der Waals surface area (Å²) >= 11 is 5.63. The van der Waals surface area contributed by atoms with Crippen molar-refractivity contribution in [1.29, 1.82) is 0 Å². The first-order valence-electron chi connectivity index (χ1n) is 3.23. The van der Waals surface area contributed by atoms with Crippen LogP contribution >= 0.6 is 11.6 Å². The van der Waals surface area contributed by atoms with Gasteiger partial charge in [-0.05, 0) is 12.1 Å². The average molecular weight is 169 g/mol. The Balaban J connectivity index is 2.89. The fraction of sp³-hybridized carbons (Fsp3) is 0.125. The van der Waals surface area contributed by atoms with Gasteiger partial charge >= 0.3 is 0 Å². The number of aromatic nitrogens is 1. The molecule has 0 aliphatic rings. The van der Waals surface area contributed by atoms with Gasteiger partial charge in [-0.1, -0.05) is 17.7 Å². The van der Waals surface area contributed by atoms with E-state index >= 15 is 0 Å². The summed E-state index contributed by atoms with van der Waals surface area (Å²) in [5.74, 6) is 0. The number of rotatable bonds is 2. The lowest BCUT2D eigenvalue weighted by Gasteiger charge is -2.03. The molecule has 0 spiro atoms. The molecule has 0 saturated carbocycles. The third kappa shape index (κ3) is 2.03. The molecule has 1 atom stereocenters. The second-order valence-corrected chi connectivity index (χ2v) is 2.60. The lowest BCUT2D eigenvalue weighted by molar-refractivity contribution is 0.864. The molecule has 2 N–H and O–H groups in total. The molecule has 0 unspecified atom stereocenters. The number of nitrogens with zero attached hydrogens (tertiary/aromatic N) is 1. The zero-order valence-corrected chi connectivity index (χ0v) is 6.75. The average Bonchev–Trinajstić information content (AvgIpc) is 2.05. The van der Waals surface area contributed by atoms with E-state index in [2.05, 4.69) is 11.6 Å². The minimum Gasteiger partial charge on any atom is -0.319 e. The first-order valence-corrected chi connectivity index (χ1v) is 3.61. The molecule has 11 heavy (non-hydrogen) atoms. The lowest BCUT2D eigenvalue weighted by atomic mass is 10.2. The van der Waals surface area contributed by atoms with Crippen molar-refractivity contribution in [1.82, 2.24) is 4.98 Å². The number of pyridine rings is 1. The first kappa shape index (κ1) is 8.24. The summed E-state index contributed by atoms with van der Waals surface area (Å²) in [6.45, 7) is 3.56. The van der Waals surface area contributed by atoms with Gasteiger partial charge in [0.05, 0.1) is 16.8 Å². The van der Waals surface area contributed by atoms with E-state index in [1.165, 1.54) is 0 Å². The predicted molar refractivity (Wildman–Crippen MR) is 46.4 cm³/mol. The molecule has 0 amide bonds. The molecule has 1 rings (SSSR count). The van der Waals surface area contributed by atoms with E-state index in [1.807, 2.05) is 0 Å². The highest BCUT2D eigenvalue weighted by molar-refractivity contribution is 6.30. The van der Waals surface area contributed by atoms with Crippen LogP contribution in [0.15, 0.2) is 31.0 Å². The number of halogens is 1. The topological polar surface area (TPSA) is 38.9 Å². The Bertz CT molecular complexity index is 243. The van der Waals surface area contributed by atoms with E-state index in [0.29, 0.717) is 5.02 Å². The first-order chi connectivity index (χ1) is 5.24. The maximum absolute atomic E-state index is 5.63. The van der Waals surface area contributed by atoms with Gasteiger partial charge in [-0.25, -0.2) is 0 Å². The van der Waals surface area contributed by atoms with Gasteiger partial charge < -0.3 is 5.73 Å². The van der Waals surface area contributed by atoms with Crippen molar-refractivity contribution in [2.45, 2.75) is 6.04 Å². The maximum atomic E-state index is 5.63. The van der Waals surface area contributed by atoms with Crippen molar-refractivity contribution in [3.8, 4) is 0 Å². The van der Waals surface area contributed by atoms with Gasteiger partial charge in [0.15, 0.2) is 0 Å². The zero-order valence-electron chi connectivity index (χ0n) is 6.00. The fourth-order valence-corrected chi connectivity index (χ4v) is 0.817. The molecule has 0 radical (unpaired) electrons. The monoisotopic (exact) mass is 168 g/mol. The molecule has 2 nitrogen and oxygen atoms in total. The molecule has 0 fully saturated rings. The minimum absolute atomic E-state index is 0.202. The molecule has 0 aliphatic heterocycles. The Kier molecular flexibility index (Phi) is 2.63. The Hall–Kier alpha value is -0.860. The van der Waals surface area contributed by atoms with Crippen LogP contribution in [0.5, 0.6) is 0 Å². The molecule has 0 aromatic carbocycles. The molecular weight excluding hydrogens is 160 g/mol. The quantitative estimate of drug-likeness (QED) is 0.686. The number of nitrogens with two attached hydrogens (primary N) is 1. The highest BCUT2D eigenvalue weighted by Gasteiger charge is 2.00. The van der Waals surface area contributed by atoms with E-state index in [9.17, 15) is 0 Å². The van der Waals surface area contributed by atoms with Gasteiger partial charge in [-0.2, -0.15) is 0 Å². The van der Waals surface area contributed by atoms with Crippen LogP contribution in [0.1, 0.15) is 11.7 Å². The molecule has 1 heterocycles. The summed E-state index contributed by atoms with van der Waals surface area (Å²) in [6.07, 6.45) is 3.20. The number of hydrogen-bond acceptors (Lipinski definition) is 2. The van der Waals surface area contributed by atoms with Crippen molar-refractivity contribution in [2.24, 2.45) is 5.73 Å². The third-order valence-electron chi connectivity index (χ3n) is 1.35. The van der Waals surface area contributed by atoms with E-state index < -0.39 is 0 Å². The Morgan fingerprint density at radius 1 is 1.64 bits per heavy atom. The van der Waals surface area contributed by atoms with Crippen LogP contribution in [0.4, 0.5) is 0 Å². The standard InChI is InChI=1S/C8H9ClN2/c1-2-7(10)8-4-3-6(9)5-11-8/h2-5,7H,1,10H2/t7-/m1/s1. The summed E-state index contributed by atoms with van der Waals surface area (Å²) in [5, 5.41) is 0.616. The summed E-state index contributed by atoms with van der Waals surface area (Å²) < 4.78 is 0. The molecule has 3 heteroatoms. The summed E-state index contributed by atoms with van der Waals surface area (Å²) in [4.78, 5) is 4.02. The smallest absolute Gasteiger partial charge is 0.0653 e. The van der Waals surface area contributed by atoms with Crippen molar-refractivity contribution in [3.63, 3.8) is 0 Å². The van der Waals surface area contributed by atoms with E-state index in [-0.39, 0.29) is 6.04 Å². The van der Waals surface area contributed by atoms with E-state index in [0.717, 1.165) is 5.69 Å². The van der Waals surface area contributed by atoms with Crippen LogP contribution in [-0.4, -0.2) is 4.98 Å². The second-order valence-electron chi connectivity index (χ2n) is 2.16. The molecule has 1 aromatic rings. The summed E-state index contributed by atoms with van der Waals surface area (Å²) in [5.41, 5.74) is 6.40. The van der Waals surface area contributed by atoms with Crippen molar-refractivity contribution in [3.05, 3.63) is 41.7 Å². The van der Waals surface area contributed by atoms with Crippen LogP contribution in [-0.2, 0) is 0 Å². The third-order valence-corrected chi connectivity index (χ3v) is 1.57. The van der Waals surface area contributed by atoms with Crippen LogP contribution in [0, 0.1) is 0 Å². The second kappa shape index (κ2) is 3.51. The molecule has 0 saturated heterocycles. The predicted octanol–water partition coefficient (Wildman–Crippen LogP) is 1.92. The zero-order chi connectivity index (χ0) is 8.27. The van der Waals surface area contributed by atoms with Crippen LogP contribution in [0.2, 0.25) is 5.02 Å².